The Morgan fingerprint density at radius 3 is 2.23 bits per heavy atom. The summed E-state index contributed by atoms with van der Waals surface area (Å²) in [5, 5.41) is 16.3. The van der Waals surface area contributed by atoms with Crippen LogP contribution in [0.15, 0.2) is 79.3 Å². The van der Waals surface area contributed by atoms with Crippen molar-refractivity contribution in [3.8, 4) is 39.6 Å². The zero-order valence-electron chi connectivity index (χ0n) is 14.1. The average molecular weight is 336 g/mol. The molecule has 26 heavy (non-hydrogen) atoms. The lowest BCUT2D eigenvalue weighted by molar-refractivity contribution is 1.09. The van der Waals surface area contributed by atoms with E-state index in [9.17, 15) is 0 Å². The number of benzene rings is 2. The topological polar surface area (TPSA) is 65.4 Å². The van der Waals surface area contributed by atoms with E-state index in [2.05, 4.69) is 51.6 Å². The summed E-state index contributed by atoms with van der Waals surface area (Å²) in [6.45, 7) is 0. The van der Waals surface area contributed by atoms with Crippen molar-refractivity contribution in [1.29, 1.82) is 5.26 Å². The number of nitrogens with one attached hydrogen (secondary N) is 1. The fourth-order valence-corrected chi connectivity index (χ4v) is 3.11. The van der Waals surface area contributed by atoms with E-state index in [1.54, 1.807) is 12.4 Å². The van der Waals surface area contributed by atoms with Gasteiger partial charge in [0.1, 0.15) is 0 Å². The van der Waals surface area contributed by atoms with E-state index < -0.39 is 0 Å². The van der Waals surface area contributed by atoms with Crippen molar-refractivity contribution >= 4 is 0 Å². The van der Waals surface area contributed by atoms with Crippen LogP contribution in [0.1, 0.15) is 5.56 Å². The maximum absolute atomic E-state index is 9.03. The van der Waals surface area contributed by atoms with Crippen molar-refractivity contribution in [2.45, 2.75) is 6.42 Å². The van der Waals surface area contributed by atoms with Gasteiger partial charge in [0.05, 0.1) is 24.4 Å². The smallest absolute Gasteiger partial charge is 0.0729 e. The number of H-pyrrole nitrogens is 1. The summed E-state index contributed by atoms with van der Waals surface area (Å²) in [6, 6.07) is 22.6. The molecule has 0 bridgehead atoms. The van der Waals surface area contributed by atoms with Crippen LogP contribution < -0.4 is 0 Å². The molecule has 0 aliphatic heterocycles. The van der Waals surface area contributed by atoms with Crippen molar-refractivity contribution in [3.05, 3.63) is 84.8 Å². The minimum atomic E-state index is 0.409. The van der Waals surface area contributed by atoms with Crippen molar-refractivity contribution in [2.75, 3.05) is 0 Å². The number of rotatable bonds is 4. The van der Waals surface area contributed by atoms with Crippen molar-refractivity contribution < 1.29 is 0 Å². The highest BCUT2D eigenvalue weighted by Gasteiger charge is 2.10. The minimum Gasteiger partial charge on any atom is -0.277 e. The predicted molar refractivity (Wildman–Crippen MR) is 102 cm³/mol. The molecule has 0 unspecified atom stereocenters. The van der Waals surface area contributed by atoms with Gasteiger partial charge in [0.2, 0.25) is 0 Å². The van der Waals surface area contributed by atoms with E-state index in [-0.39, 0.29) is 0 Å². The Morgan fingerprint density at radius 2 is 1.50 bits per heavy atom. The van der Waals surface area contributed by atoms with E-state index in [0.717, 1.165) is 39.1 Å². The van der Waals surface area contributed by atoms with Crippen LogP contribution in [-0.4, -0.2) is 15.2 Å². The SMILES string of the molecule is N#CCc1ccccc1-c1ccc(-c2cn[nH]c2-c2ccncc2)cc1. The lowest BCUT2D eigenvalue weighted by Gasteiger charge is -2.09. The number of pyridine rings is 1. The van der Waals surface area contributed by atoms with Crippen molar-refractivity contribution in [2.24, 2.45) is 0 Å². The quantitative estimate of drug-likeness (QED) is 0.578. The van der Waals surface area contributed by atoms with E-state index in [0.29, 0.717) is 6.42 Å². The highest BCUT2D eigenvalue weighted by molar-refractivity contribution is 5.81. The van der Waals surface area contributed by atoms with Crippen molar-refractivity contribution in [1.82, 2.24) is 15.2 Å². The van der Waals surface area contributed by atoms with Crippen LogP contribution in [0.25, 0.3) is 33.5 Å². The summed E-state index contributed by atoms with van der Waals surface area (Å²) in [4.78, 5) is 4.07. The molecule has 0 spiro atoms. The fourth-order valence-electron chi connectivity index (χ4n) is 3.11. The Balaban J connectivity index is 1.71. The second kappa shape index (κ2) is 7.04. The molecule has 2 aromatic carbocycles. The van der Waals surface area contributed by atoms with Crippen LogP contribution in [0.2, 0.25) is 0 Å². The van der Waals surface area contributed by atoms with Gasteiger partial charge in [-0.3, -0.25) is 10.1 Å². The molecule has 0 radical (unpaired) electrons. The third-order valence-corrected chi connectivity index (χ3v) is 4.40. The second-order valence-electron chi connectivity index (χ2n) is 5.96. The van der Waals surface area contributed by atoms with E-state index >= 15 is 0 Å². The van der Waals surface area contributed by atoms with Crippen LogP contribution in [-0.2, 0) is 6.42 Å². The number of aromatic nitrogens is 3. The molecular weight excluding hydrogens is 320 g/mol. The average Bonchev–Trinajstić information content (AvgIpc) is 3.19. The number of nitrogens with zero attached hydrogens (tertiary/aromatic N) is 3. The van der Waals surface area contributed by atoms with Gasteiger partial charge in [-0.15, -0.1) is 0 Å². The molecular formula is C22H16N4. The Kier molecular flexibility index (Phi) is 4.28. The van der Waals surface area contributed by atoms with E-state index in [1.165, 1.54) is 0 Å². The van der Waals surface area contributed by atoms with Crippen LogP contribution in [0.3, 0.4) is 0 Å². The van der Waals surface area contributed by atoms with Gasteiger partial charge >= 0.3 is 0 Å². The standard InChI is InChI=1S/C22H16N4/c23-12-9-16-3-1-2-4-20(16)17-5-7-18(8-6-17)21-15-25-26-22(21)19-10-13-24-14-11-19/h1-8,10-11,13-15H,9H2,(H,25,26). The molecule has 2 aromatic heterocycles. The van der Waals surface area contributed by atoms with Gasteiger partial charge < -0.3 is 0 Å². The van der Waals surface area contributed by atoms with E-state index in [1.807, 2.05) is 36.5 Å². The normalized spacial score (nSPS) is 10.4. The molecule has 0 saturated carbocycles. The van der Waals surface area contributed by atoms with Gasteiger partial charge in [-0.05, 0) is 34.4 Å². The number of aromatic amines is 1. The second-order valence-corrected chi connectivity index (χ2v) is 5.96. The predicted octanol–water partition coefficient (Wildman–Crippen LogP) is 4.87. The molecule has 0 saturated heterocycles. The van der Waals surface area contributed by atoms with Gasteiger partial charge in [-0.2, -0.15) is 10.4 Å². The molecule has 0 aliphatic carbocycles. The summed E-state index contributed by atoms with van der Waals surface area (Å²) in [7, 11) is 0. The molecule has 4 heteroatoms. The van der Waals surface area contributed by atoms with Gasteiger partial charge in [0.15, 0.2) is 0 Å². The number of nitriles is 1. The Bertz CT molecular complexity index is 1060. The summed E-state index contributed by atoms with van der Waals surface area (Å²) < 4.78 is 0. The van der Waals surface area contributed by atoms with Gasteiger partial charge in [0.25, 0.3) is 0 Å². The van der Waals surface area contributed by atoms with Gasteiger partial charge in [0, 0.05) is 23.5 Å². The molecule has 0 fully saturated rings. The van der Waals surface area contributed by atoms with E-state index in [4.69, 9.17) is 5.26 Å². The summed E-state index contributed by atoms with van der Waals surface area (Å²) in [5.74, 6) is 0. The Morgan fingerprint density at radius 1 is 0.808 bits per heavy atom. The summed E-state index contributed by atoms with van der Waals surface area (Å²) in [5.41, 5.74) is 7.42. The first kappa shape index (κ1) is 15.8. The van der Waals surface area contributed by atoms with Crippen LogP contribution in [0.5, 0.6) is 0 Å². The highest BCUT2D eigenvalue weighted by Crippen LogP contribution is 2.32. The van der Waals surface area contributed by atoms with Crippen LogP contribution >= 0.6 is 0 Å². The van der Waals surface area contributed by atoms with Crippen LogP contribution in [0.4, 0.5) is 0 Å². The summed E-state index contributed by atoms with van der Waals surface area (Å²) in [6.07, 6.45) is 5.80. The molecule has 4 rings (SSSR count). The fraction of sp³-hybridized carbons (Fsp3) is 0.0455. The lowest BCUT2D eigenvalue weighted by atomic mass is 9.95. The zero-order chi connectivity index (χ0) is 17.8. The third kappa shape index (κ3) is 2.99. The minimum absolute atomic E-state index is 0.409. The molecule has 0 amide bonds. The zero-order valence-corrected chi connectivity index (χ0v) is 14.1. The molecule has 124 valence electrons. The molecule has 1 N–H and O–H groups in total. The van der Waals surface area contributed by atoms with Gasteiger partial charge in [-0.1, -0.05) is 48.5 Å². The number of hydrogen-bond donors (Lipinski definition) is 1. The molecule has 0 aliphatic rings. The summed E-state index contributed by atoms with van der Waals surface area (Å²) >= 11 is 0. The molecule has 2 heterocycles. The molecule has 4 nitrogen and oxygen atoms in total. The highest BCUT2D eigenvalue weighted by atomic mass is 15.1. The third-order valence-electron chi connectivity index (χ3n) is 4.40. The lowest BCUT2D eigenvalue weighted by Crippen LogP contribution is -1.88. The number of hydrogen-bond acceptors (Lipinski definition) is 3. The largest absolute Gasteiger partial charge is 0.277 e. The first-order valence-corrected chi connectivity index (χ1v) is 8.36. The monoisotopic (exact) mass is 336 g/mol. The molecule has 0 atom stereocenters. The first-order valence-electron chi connectivity index (χ1n) is 8.36. The Hall–Kier alpha value is -3.71. The maximum atomic E-state index is 9.03. The van der Waals surface area contributed by atoms with Gasteiger partial charge in [-0.25, -0.2) is 0 Å². The van der Waals surface area contributed by atoms with Crippen LogP contribution in [0, 0.1) is 11.3 Å². The maximum Gasteiger partial charge on any atom is 0.0729 e. The molecule has 4 aromatic rings. The van der Waals surface area contributed by atoms with Crippen molar-refractivity contribution in [3.63, 3.8) is 0 Å². The Labute approximate surface area is 151 Å². The first-order chi connectivity index (χ1) is 12.9.